The second-order valence-electron chi connectivity index (χ2n) is 9.38. The Morgan fingerprint density at radius 1 is 1.07 bits per heavy atom. The first kappa shape index (κ1) is 26.6. The molecule has 0 bridgehead atoms. The Morgan fingerprint density at radius 3 is 2.66 bits per heavy atom. The minimum atomic E-state index is -0.886. The van der Waals surface area contributed by atoms with Crippen LogP contribution in [-0.2, 0) is 11.2 Å². The summed E-state index contributed by atoms with van der Waals surface area (Å²) < 4.78 is 6.94. The van der Waals surface area contributed by atoms with Gasteiger partial charge in [0, 0.05) is 41.8 Å². The molecule has 1 aliphatic heterocycles. The van der Waals surface area contributed by atoms with Crippen LogP contribution in [-0.4, -0.2) is 20.4 Å². The fraction of sp³-hybridized carbons (Fsp3) is 0.103. The molecule has 41 heavy (non-hydrogen) atoms. The average Bonchev–Trinajstić information content (AvgIpc) is 3.56. The number of nitrogens with zero attached hydrogens (tertiary/aromatic N) is 4. The van der Waals surface area contributed by atoms with Crippen molar-refractivity contribution in [2.75, 3.05) is 10.3 Å². The normalized spacial score (nSPS) is 13.6. The lowest BCUT2D eigenvalue weighted by Gasteiger charge is -2.21. The largest absolute Gasteiger partial charge is 0.441 e. The molecule has 0 saturated heterocycles. The lowest BCUT2D eigenvalue weighted by molar-refractivity contribution is -0.119. The molecule has 10 nitrogen and oxygen atoms in total. The van der Waals surface area contributed by atoms with Gasteiger partial charge in [0.15, 0.2) is 11.5 Å². The molecule has 3 aromatic carbocycles. The molecule has 0 spiro atoms. The maximum atomic E-state index is 13.7. The van der Waals surface area contributed by atoms with Gasteiger partial charge in [0.25, 0.3) is 5.56 Å². The Bertz CT molecular complexity index is 1850. The van der Waals surface area contributed by atoms with Gasteiger partial charge in [-0.1, -0.05) is 53.5 Å². The van der Waals surface area contributed by atoms with Crippen LogP contribution in [0.1, 0.15) is 17.5 Å². The molecule has 3 N–H and O–H groups in total. The Kier molecular flexibility index (Phi) is 7.19. The first-order valence-electron chi connectivity index (χ1n) is 12.6. The predicted octanol–water partition coefficient (Wildman–Crippen LogP) is 5.30. The highest BCUT2D eigenvalue weighted by Crippen LogP contribution is 2.32. The molecule has 2 aromatic heterocycles. The van der Waals surface area contributed by atoms with E-state index in [1.807, 2.05) is 30.3 Å². The quantitative estimate of drug-likeness (QED) is 0.219. The fourth-order valence-electron chi connectivity index (χ4n) is 4.63. The predicted molar refractivity (Wildman–Crippen MR) is 158 cm³/mol. The van der Waals surface area contributed by atoms with Crippen molar-refractivity contribution in [3.63, 3.8) is 0 Å². The van der Waals surface area contributed by atoms with Gasteiger partial charge in [-0.15, -0.1) is 5.53 Å². The van der Waals surface area contributed by atoms with Crippen LogP contribution >= 0.6 is 23.2 Å². The van der Waals surface area contributed by atoms with Gasteiger partial charge in [0.1, 0.15) is 16.7 Å². The Morgan fingerprint density at radius 2 is 1.90 bits per heavy atom. The number of oxazole rings is 1. The van der Waals surface area contributed by atoms with Crippen LogP contribution in [0.3, 0.4) is 0 Å². The number of fused-ring (bicyclic) bond motifs is 1. The molecular weight excluding hydrogens is 565 g/mol. The number of benzene rings is 3. The molecule has 0 unspecified atom stereocenters. The summed E-state index contributed by atoms with van der Waals surface area (Å²) in [6.07, 6.45) is 3.30. The minimum absolute atomic E-state index is 0.270. The van der Waals surface area contributed by atoms with Crippen molar-refractivity contribution in [1.82, 2.24) is 25.5 Å². The van der Waals surface area contributed by atoms with E-state index >= 15 is 0 Å². The molecule has 3 heterocycles. The number of amides is 1. The molecule has 1 amide bonds. The third kappa shape index (κ3) is 5.66. The summed E-state index contributed by atoms with van der Waals surface area (Å²) in [5, 5.41) is 5.43. The third-order valence-electron chi connectivity index (χ3n) is 6.54. The van der Waals surface area contributed by atoms with Crippen LogP contribution in [0, 0.1) is 6.92 Å². The number of rotatable bonds is 7. The van der Waals surface area contributed by atoms with E-state index in [9.17, 15) is 9.59 Å². The van der Waals surface area contributed by atoms with Gasteiger partial charge in [0.2, 0.25) is 5.91 Å². The van der Waals surface area contributed by atoms with Gasteiger partial charge in [-0.2, -0.15) is 0 Å². The molecule has 5 aromatic rings. The molecular formula is C29H23Cl2N7O3. The first-order valence-corrected chi connectivity index (χ1v) is 13.4. The van der Waals surface area contributed by atoms with Crippen LogP contribution < -0.4 is 26.8 Å². The summed E-state index contributed by atoms with van der Waals surface area (Å²) in [5.41, 5.74) is 9.60. The number of aromatic nitrogens is 3. The van der Waals surface area contributed by atoms with Gasteiger partial charge in [-0.25, -0.2) is 9.97 Å². The van der Waals surface area contributed by atoms with Crippen LogP contribution in [0.15, 0.2) is 99.7 Å². The SMILES string of the molecule is Cc1nc2ccc(NC(=O)[C@H](Cc3ccccc3)n3cnc(-c4cc(Cl)ccc4N4C=C(Cl)NN4)cc3=O)cc2o1. The summed E-state index contributed by atoms with van der Waals surface area (Å²) in [4.78, 5) is 36.1. The van der Waals surface area contributed by atoms with Crippen LogP contribution in [0.2, 0.25) is 5.02 Å². The summed E-state index contributed by atoms with van der Waals surface area (Å²) in [6, 6.07) is 20.4. The lowest BCUT2D eigenvalue weighted by atomic mass is 10.0. The van der Waals surface area contributed by atoms with Gasteiger partial charge < -0.3 is 9.73 Å². The number of carbonyl (C=O) groups excluding carboxylic acids is 1. The average molecular weight is 588 g/mol. The number of hydrazine groups is 2. The number of aryl methyl sites for hydroxylation is 1. The molecule has 0 aliphatic carbocycles. The highest BCUT2D eigenvalue weighted by Gasteiger charge is 2.24. The standard InChI is InChI=1S/C29H23Cl2N7O3/c1-17-33-22-9-8-20(13-26(22)41-17)34-29(40)25(11-18-5-3-2-4-6-18)37-16-32-23(14-28(37)39)21-12-19(30)7-10-24(21)38-15-27(31)35-36-38/h2-10,12-16,25,35-36H,11H2,1H3,(H,34,40)/t25-/m0/s1. The number of hydrogen-bond donors (Lipinski definition) is 3. The highest BCUT2D eigenvalue weighted by atomic mass is 35.5. The van der Waals surface area contributed by atoms with Gasteiger partial charge in [-0.05, 0) is 35.9 Å². The zero-order valence-corrected chi connectivity index (χ0v) is 23.1. The topological polar surface area (TPSA) is 117 Å². The molecule has 0 radical (unpaired) electrons. The van der Waals surface area contributed by atoms with E-state index in [1.165, 1.54) is 17.0 Å². The number of hydrogen-bond acceptors (Lipinski definition) is 8. The number of carbonyl (C=O) groups is 1. The maximum absolute atomic E-state index is 13.7. The number of anilines is 2. The lowest BCUT2D eigenvalue weighted by Crippen LogP contribution is -2.36. The monoisotopic (exact) mass is 587 g/mol. The highest BCUT2D eigenvalue weighted by molar-refractivity contribution is 6.31. The van der Waals surface area contributed by atoms with Crippen molar-refractivity contribution in [2.45, 2.75) is 19.4 Å². The summed E-state index contributed by atoms with van der Waals surface area (Å²) in [7, 11) is 0. The molecule has 6 rings (SSSR count). The summed E-state index contributed by atoms with van der Waals surface area (Å²) in [5.74, 6) is 0.151. The smallest absolute Gasteiger partial charge is 0.254 e. The van der Waals surface area contributed by atoms with E-state index in [0.29, 0.717) is 49.8 Å². The third-order valence-corrected chi connectivity index (χ3v) is 6.97. The molecule has 206 valence electrons. The summed E-state index contributed by atoms with van der Waals surface area (Å²) in [6.45, 7) is 1.76. The van der Waals surface area contributed by atoms with Gasteiger partial charge >= 0.3 is 0 Å². The Labute approximate surface area is 244 Å². The van der Waals surface area contributed by atoms with E-state index in [4.69, 9.17) is 27.6 Å². The second-order valence-corrected chi connectivity index (χ2v) is 10.2. The van der Waals surface area contributed by atoms with E-state index in [2.05, 4.69) is 26.2 Å². The molecule has 12 heteroatoms. The van der Waals surface area contributed by atoms with Crippen molar-refractivity contribution in [2.24, 2.45) is 0 Å². The van der Waals surface area contributed by atoms with E-state index in [-0.39, 0.29) is 12.3 Å². The van der Waals surface area contributed by atoms with Crippen molar-refractivity contribution in [3.05, 3.63) is 117 Å². The Hall–Kier alpha value is -4.64. The maximum Gasteiger partial charge on any atom is 0.254 e. The number of halogens is 2. The van der Waals surface area contributed by atoms with Crippen molar-refractivity contribution >= 4 is 51.6 Å². The van der Waals surface area contributed by atoms with Crippen molar-refractivity contribution in [1.29, 1.82) is 0 Å². The molecule has 1 aliphatic rings. The Balaban J connectivity index is 1.35. The van der Waals surface area contributed by atoms with E-state index in [1.54, 1.807) is 54.5 Å². The zero-order valence-electron chi connectivity index (χ0n) is 21.6. The molecule has 1 atom stereocenters. The fourth-order valence-corrected chi connectivity index (χ4v) is 4.95. The zero-order chi connectivity index (χ0) is 28.5. The van der Waals surface area contributed by atoms with Crippen molar-refractivity contribution in [3.8, 4) is 11.3 Å². The van der Waals surface area contributed by atoms with Crippen LogP contribution in [0.5, 0.6) is 0 Å². The first-order chi connectivity index (χ1) is 19.8. The molecule has 0 saturated carbocycles. The molecule has 0 fully saturated rings. The number of nitrogens with one attached hydrogen (secondary N) is 3. The van der Waals surface area contributed by atoms with Crippen LogP contribution in [0.25, 0.3) is 22.4 Å². The van der Waals surface area contributed by atoms with Gasteiger partial charge in [-0.3, -0.25) is 24.6 Å². The van der Waals surface area contributed by atoms with Gasteiger partial charge in [0.05, 0.1) is 23.9 Å². The van der Waals surface area contributed by atoms with E-state index < -0.39 is 11.6 Å². The van der Waals surface area contributed by atoms with Crippen LogP contribution in [0.4, 0.5) is 11.4 Å². The summed E-state index contributed by atoms with van der Waals surface area (Å²) >= 11 is 12.4. The second kappa shape index (κ2) is 11.1. The van der Waals surface area contributed by atoms with E-state index in [0.717, 1.165) is 5.56 Å². The van der Waals surface area contributed by atoms with Crippen molar-refractivity contribution < 1.29 is 9.21 Å². The minimum Gasteiger partial charge on any atom is -0.441 e.